The van der Waals surface area contributed by atoms with Crippen LogP contribution < -0.4 is 0 Å². The molecule has 1 saturated heterocycles. The van der Waals surface area contributed by atoms with Crippen molar-refractivity contribution in [1.29, 1.82) is 0 Å². The van der Waals surface area contributed by atoms with Crippen molar-refractivity contribution in [1.82, 2.24) is 19.5 Å². The normalized spacial score (nSPS) is 21.2. The van der Waals surface area contributed by atoms with E-state index in [1.807, 2.05) is 6.08 Å². The Kier molecular flexibility index (Phi) is 6.49. The van der Waals surface area contributed by atoms with E-state index in [9.17, 15) is 17.9 Å². The zero-order valence-electron chi connectivity index (χ0n) is 18.7. The summed E-state index contributed by atoms with van der Waals surface area (Å²) in [6, 6.07) is 8.89. The molecule has 35 heavy (non-hydrogen) atoms. The zero-order valence-corrected chi connectivity index (χ0v) is 20.3. The van der Waals surface area contributed by atoms with Crippen LogP contribution in [-0.2, 0) is 21.2 Å². The Hall–Kier alpha value is -2.63. The lowest BCUT2D eigenvalue weighted by atomic mass is 9.64. The summed E-state index contributed by atoms with van der Waals surface area (Å²) in [7, 11) is -3.88. The first-order valence-electron chi connectivity index (χ1n) is 11.2. The highest BCUT2D eigenvalue weighted by atomic mass is 35.5. The molecule has 3 heterocycles. The van der Waals surface area contributed by atoms with Crippen LogP contribution in [0.3, 0.4) is 0 Å². The smallest absolute Gasteiger partial charge is 0.244 e. The van der Waals surface area contributed by atoms with E-state index >= 15 is 0 Å². The average Bonchev–Trinajstić information content (AvgIpc) is 3.30. The second-order valence-corrected chi connectivity index (χ2v) is 11.1. The van der Waals surface area contributed by atoms with Gasteiger partial charge in [-0.2, -0.15) is 9.40 Å². The van der Waals surface area contributed by atoms with Gasteiger partial charge in [0.05, 0.1) is 31.2 Å². The van der Waals surface area contributed by atoms with Gasteiger partial charge in [-0.15, -0.1) is 0 Å². The molecule has 1 fully saturated rings. The molecule has 1 aliphatic heterocycles. The number of pyridine rings is 1. The van der Waals surface area contributed by atoms with Gasteiger partial charge in [0.1, 0.15) is 15.9 Å². The van der Waals surface area contributed by atoms with Crippen molar-refractivity contribution in [2.45, 2.75) is 23.8 Å². The maximum absolute atomic E-state index is 13.8. The number of sulfonamides is 1. The maximum atomic E-state index is 13.8. The van der Waals surface area contributed by atoms with Crippen LogP contribution in [0, 0.1) is 11.2 Å². The number of benzene rings is 1. The first-order chi connectivity index (χ1) is 16.8. The third-order valence-electron chi connectivity index (χ3n) is 6.69. The second kappa shape index (κ2) is 9.44. The summed E-state index contributed by atoms with van der Waals surface area (Å²) >= 11 is 5.87. The van der Waals surface area contributed by atoms with Gasteiger partial charge < -0.3 is 9.84 Å². The van der Waals surface area contributed by atoms with Crippen molar-refractivity contribution in [2.75, 3.05) is 26.3 Å². The topological polar surface area (TPSA) is 108 Å². The second-order valence-electron chi connectivity index (χ2n) is 8.74. The van der Waals surface area contributed by atoms with Crippen LogP contribution in [0.4, 0.5) is 4.39 Å². The number of ether oxygens (including phenoxy) is 1. The number of halogens is 2. The summed E-state index contributed by atoms with van der Waals surface area (Å²) in [4.78, 5) is 4.00. The van der Waals surface area contributed by atoms with Crippen molar-refractivity contribution in [3.63, 3.8) is 0 Å². The Labute approximate surface area is 207 Å². The molecule has 0 saturated carbocycles. The molecular weight excluding hydrogens is 495 g/mol. The molecular formula is C24H24ClFN4O4S. The van der Waals surface area contributed by atoms with E-state index in [1.165, 1.54) is 34.8 Å². The van der Waals surface area contributed by atoms with Gasteiger partial charge in [-0.3, -0.25) is 5.10 Å². The molecule has 2 aromatic heterocycles. The van der Waals surface area contributed by atoms with Crippen molar-refractivity contribution in [2.24, 2.45) is 5.41 Å². The highest BCUT2D eigenvalue weighted by molar-refractivity contribution is 7.89. The zero-order chi connectivity index (χ0) is 24.6. The van der Waals surface area contributed by atoms with Crippen molar-refractivity contribution in [3.8, 4) is 0 Å². The minimum absolute atomic E-state index is 0.0448. The molecule has 1 aliphatic carbocycles. The van der Waals surface area contributed by atoms with Crippen LogP contribution in [0.25, 0.3) is 6.08 Å². The molecule has 2 atom stereocenters. The largest absolute Gasteiger partial charge is 0.394 e. The van der Waals surface area contributed by atoms with Gasteiger partial charge in [0.25, 0.3) is 0 Å². The Morgan fingerprint density at radius 2 is 2.03 bits per heavy atom. The predicted molar refractivity (Wildman–Crippen MR) is 128 cm³/mol. The highest BCUT2D eigenvalue weighted by Gasteiger charge is 2.51. The lowest BCUT2D eigenvalue weighted by molar-refractivity contribution is -0.0529. The lowest BCUT2D eigenvalue weighted by Gasteiger charge is -2.50. The fourth-order valence-corrected chi connectivity index (χ4v) is 6.64. The predicted octanol–water partition coefficient (Wildman–Crippen LogP) is 3.37. The van der Waals surface area contributed by atoms with E-state index in [0.717, 1.165) is 16.8 Å². The fourth-order valence-electron chi connectivity index (χ4n) is 5.07. The van der Waals surface area contributed by atoms with Gasteiger partial charge in [-0.25, -0.2) is 17.8 Å². The van der Waals surface area contributed by atoms with Crippen LogP contribution in [-0.4, -0.2) is 59.3 Å². The first-order valence-corrected chi connectivity index (χ1v) is 13.0. The van der Waals surface area contributed by atoms with Crippen LogP contribution >= 0.6 is 11.6 Å². The van der Waals surface area contributed by atoms with Crippen LogP contribution in [0.15, 0.2) is 59.3 Å². The van der Waals surface area contributed by atoms with E-state index in [0.29, 0.717) is 18.4 Å². The standard InChI is InChI=1S/C24H24ClFN4O4S/c25-22-6-5-20(14-27-22)35(32,33)30-8-7-18-11-21-17(13-28-29-21)12-24(18,15-30)23(34-10-9-31)16-1-3-19(26)4-2-16/h1-6,11,13-14,23,31H,7-10,12,15H2,(H,28,29)/t23-,24?/m1/s1. The number of piperidine rings is 1. The Balaban J connectivity index is 1.61. The molecule has 0 spiro atoms. The summed E-state index contributed by atoms with van der Waals surface area (Å²) in [6.45, 7) is 0.242. The molecule has 5 rings (SSSR count). The van der Waals surface area contributed by atoms with Crippen molar-refractivity contribution < 1.29 is 22.7 Å². The number of aliphatic hydroxyl groups is 1. The van der Waals surface area contributed by atoms with Gasteiger partial charge in [0.15, 0.2) is 0 Å². The van der Waals surface area contributed by atoms with E-state index in [1.54, 1.807) is 18.3 Å². The number of fused-ring (bicyclic) bond motifs is 2. The monoisotopic (exact) mass is 518 g/mol. The number of hydrogen-bond acceptors (Lipinski definition) is 6. The number of aliphatic hydroxyl groups excluding tert-OH is 1. The molecule has 1 aromatic carbocycles. The van der Waals surface area contributed by atoms with E-state index < -0.39 is 21.5 Å². The molecule has 3 aromatic rings. The summed E-state index contributed by atoms with van der Waals surface area (Å²) < 4.78 is 48.6. The first kappa shape index (κ1) is 24.1. The van der Waals surface area contributed by atoms with Gasteiger partial charge in [-0.1, -0.05) is 29.3 Å². The number of aromatic nitrogens is 3. The third-order valence-corrected chi connectivity index (χ3v) is 8.75. The molecule has 0 amide bonds. The number of aromatic amines is 1. The number of rotatable bonds is 7. The molecule has 0 bridgehead atoms. The molecule has 11 heteroatoms. The van der Waals surface area contributed by atoms with E-state index in [-0.39, 0.29) is 42.2 Å². The lowest BCUT2D eigenvalue weighted by Crippen LogP contribution is -2.52. The number of nitrogens with zero attached hydrogens (tertiary/aromatic N) is 3. The SMILES string of the molecule is O=S(=O)(c1ccc(Cl)nc1)N1CCC2=Cc3[nH]ncc3CC2([C@H](OCCO)c2ccc(F)cc2)C1. The quantitative estimate of drug-likeness (QED) is 0.464. The number of hydrogen-bond donors (Lipinski definition) is 2. The Bertz CT molecular complexity index is 1340. The Morgan fingerprint density at radius 3 is 2.74 bits per heavy atom. The van der Waals surface area contributed by atoms with Gasteiger partial charge in [0.2, 0.25) is 10.0 Å². The Morgan fingerprint density at radius 1 is 1.23 bits per heavy atom. The van der Waals surface area contributed by atoms with Crippen LogP contribution in [0.1, 0.15) is 29.3 Å². The maximum Gasteiger partial charge on any atom is 0.244 e. The van der Waals surface area contributed by atoms with Crippen LogP contribution in [0.2, 0.25) is 5.15 Å². The van der Waals surface area contributed by atoms with E-state index in [4.69, 9.17) is 16.3 Å². The molecule has 8 nitrogen and oxygen atoms in total. The summed E-state index contributed by atoms with van der Waals surface area (Å²) in [5.41, 5.74) is 2.73. The van der Waals surface area contributed by atoms with Gasteiger partial charge in [-0.05, 0) is 54.3 Å². The minimum atomic E-state index is -3.88. The van der Waals surface area contributed by atoms with Crippen molar-refractivity contribution >= 4 is 27.7 Å². The van der Waals surface area contributed by atoms with E-state index in [2.05, 4.69) is 15.2 Å². The summed E-state index contributed by atoms with van der Waals surface area (Å²) in [5.74, 6) is -0.383. The molecule has 184 valence electrons. The van der Waals surface area contributed by atoms with Gasteiger partial charge >= 0.3 is 0 Å². The van der Waals surface area contributed by atoms with Gasteiger partial charge in [0, 0.05) is 24.7 Å². The molecule has 0 radical (unpaired) electrons. The van der Waals surface area contributed by atoms with Crippen LogP contribution in [0.5, 0.6) is 0 Å². The average molecular weight is 519 g/mol. The fraction of sp³-hybridized carbons (Fsp3) is 0.333. The highest BCUT2D eigenvalue weighted by Crippen LogP contribution is 2.53. The molecule has 2 aliphatic rings. The minimum Gasteiger partial charge on any atom is -0.394 e. The summed E-state index contributed by atoms with van der Waals surface area (Å²) in [6.07, 6.45) is 5.30. The molecule has 2 N–H and O–H groups in total. The number of nitrogens with one attached hydrogen (secondary N) is 1. The molecule has 1 unspecified atom stereocenters. The summed E-state index contributed by atoms with van der Waals surface area (Å²) in [5, 5.41) is 16.9. The third kappa shape index (κ3) is 4.41. The number of H-pyrrole nitrogens is 1. The van der Waals surface area contributed by atoms with Crippen molar-refractivity contribution in [3.05, 3.63) is 82.2 Å².